The number of ether oxygens (including phenoxy) is 1. The van der Waals surface area contributed by atoms with Gasteiger partial charge in [0.2, 0.25) is 0 Å². The number of halogens is 2. The summed E-state index contributed by atoms with van der Waals surface area (Å²) in [5, 5.41) is 20.2. The quantitative estimate of drug-likeness (QED) is 0.247. The molecule has 2 aromatic carbocycles. The van der Waals surface area contributed by atoms with Gasteiger partial charge in [0, 0.05) is 61.3 Å². The van der Waals surface area contributed by atoms with Crippen LogP contribution in [0.3, 0.4) is 0 Å². The minimum atomic E-state index is -0.866. The highest BCUT2D eigenvalue weighted by Crippen LogP contribution is 2.42. The Morgan fingerprint density at radius 3 is 2.77 bits per heavy atom. The minimum absolute atomic E-state index is 0.124. The molecule has 2 atom stereocenters. The molecule has 2 N–H and O–H groups in total. The predicted molar refractivity (Wildman–Crippen MR) is 193 cm³/mol. The van der Waals surface area contributed by atoms with Gasteiger partial charge in [-0.3, -0.25) is 14.4 Å². The Bertz CT molecular complexity index is 2030. The number of hydrogen-bond acceptors (Lipinski definition) is 9. The van der Waals surface area contributed by atoms with E-state index in [1.54, 1.807) is 18.2 Å². The molecule has 11 nitrogen and oxygen atoms in total. The molecule has 4 aromatic rings. The molecule has 1 saturated carbocycles. The van der Waals surface area contributed by atoms with Crippen molar-refractivity contribution in [3.05, 3.63) is 64.4 Å². The van der Waals surface area contributed by atoms with E-state index in [1.165, 1.54) is 6.07 Å². The molecule has 0 radical (unpaired) electrons. The second-order valence-corrected chi connectivity index (χ2v) is 15.4. The molecule has 0 spiro atoms. The fourth-order valence-corrected chi connectivity index (χ4v) is 9.21. The predicted octanol–water partition coefficient (Wildman–Crippen LogP) is 5.44. The summed E-state index contributed by atoms with van der Waals surface area (Å²) in [6.07, 6.45) is 6.62. The second kappa shape index (κ2) is 13.2. The first-order valence-electron chi connectivity index (χ1n) is 19.0. The average Bonchev–Trinajstić information content (AvgIpc) is 3.75. The Labute approximate surface area is 302 Å². The Balaban J connectivity index is 1.07. The first kappa shape index (κ1) is 33.3. The summed E-state index contributed by atoms with van der Waals surface area (Å²) in [6.45, 7) is 6.56. The van der Waals surface area contributed by atoms with Crippen LogP contribution in [0, 0.1) is 5.82 Å². The van der Waals surface area contributed by atoms with Crippen molar-refractivity contribution in [2.75, 3.05) is 42.6 Å². The van der Waals surface area contributed by atoms with Crippen LogP contribution in [-0.4, -0.2) is 86.2 Å². The van der Waals surface area contributed by atoms with Crippen molar-refractivity contribution >= 4 is 28.2 Å². The van der Waals surface area contributed by atoms with Crippen LogP contribution in [0.15, 0.2) is 30.3 Å². The van der Waals surface area contributed by atoms with Gasteiger partial charge in [-0.2, -0.15) is 15.1 Å². The lowest BCUT2D eigenvalue weighted by Gasteiger charge is -2.35. The van der Waals surface area contributed by atoms with Gasteiger partial charge >= 0.3 is 6.01 Å². The summed E-state index contributed by atoms with van der Waals surface area (Å²) in [7, 11) is 0. The minimum Gasteiger partial charge on any atom is -0.508 e. The van der Waals surface area contributed by atoms with Crippen LogP contribution in [-0.2, 0) is 32.5 Å². The molecule has 1 aliphatic carbocycles. The van der Waals surface area contributed by atoms with Gasteiger partial charge in [-0.25, -0.2) is 8.78 Å². The molecular formula is C39H46F2N8O3. The van der Waals surface area contributed by atoms with Crippen molar-refractivity contribution < 1.29 is 23.4 Å². The van der Waals surface area contributed by atoms with E-state index in [0.717, 1.165) is 90.8 Å². The van der Waals surface area contributed by atoms with Crippen LogP contribution in [0.25, 0.3) is 10.8 Å². The molecule has 0 unspecified atom stereocenters. The molecule has 5 aliphatic rings. The highest BCUT2D eigenvalue weighted by Gasteiger charge is 2.49. The maximum Gasteiger partial charge on any atom is 0.318 e. The first-order chi connectivity index (χ1) is 25.3. The largest absolute Gasteiger partial charge is 0.508 e. The number of nitrogens with zero attached hydrogens (tertiary/aromatic N) is 7. The SMILES string of the molecule is CCc1c(F)ccc2cc(O)cc(N3CCc4c(nc(OC[C@@]56CCCN5C[C@H](F)C6)nc4N4CCCn5nc(C(=O)NC6CCC6)cc5C4)C3)c12. The number of aromatic hydroxyl groups is 1. The third-order valence-electron chi connectivity index (χ3n) is 12.1. The summed E-state index contributed by atoms with van der Waals surface area (Å²) in [5.74, 6) is 0.539. The number of carbonyl (C=O) groups is 1. The van der Waals surface area contributed by atoms with Gasteiger partial charge < -0.3 is 25.0 Å². The van der Waals surface area contributed by atoms with E-state index in [9.17, 15) is 14.3 Å². The lowest BCUT2D eigenvalue weighted by molar-refractivity contribution is 0.0911. The molecule has 3 fully saturated rings. The molecule has 1 amide bonds. The highest BCUT2D eigenvalue weighted by atomic mass is 19.1. The zero-order valence-corrected chi connectivity index (χ0v) is 29.7. The van der Waals surface area contributed by atoms with Crippen molar-refractivity contribution in [3.8, 4) is 11.8 Å². The molecule has 4 aliphatic heterocycles. The molecule has 0 bridgehead atoms. The maximum atomic E-state index is 15.1. The Hall–Kier alpha value is -4.52. The third kappa shape index (κ3) is 5.90. The monoisotopic (exact) mass is 712 g/mol. The van der Waals surface area contributed by atoms with Crippen LogP contribution in [0.2, 0.25) is 0 Å². The van der Waals surface area contributed by atoms with E-state index >= 15 is 4.39 Å². The number of anilines is 2. The first-order valence-corrected chi connectivity index (χ1v) is 19.0. The molecule has 13 heteroatoms. The van der Waals surface area contributed by atoms with Crippen LogP contribution >= 0.6 is 0 Å². The van der Waals surface area contributed by atoms with Crippen LogP contribution in [0.1, 0.15) is 84.9 Å². The Kier molecular flexibility index (Phi) is 8.43. The summed E-state index contributed by atoms with van der Waals surface area (Å²) < 4.78 is 38.2. The molecule has 2 saturated heterocycles. The molecule has 52 heavy (non-hydrogen) atoms. The van der Waals surface area contributed by atoms with Gasteiger partial charge in [0.15, 0.2) is 5.69 Å². The van der Waals surface area contributed by atoms with Gasteiger partial charge in [-0.05, 0) is 87.1 Å². The zero-order chi connectivity index (χ0) is 35.6. The molecule has 2 aromatic heterocycles. The van der Waals surface area contributed by atoms with Crippen molar-refractivity contribution in [2.45, 2.75) is 102 Å². The van der Waals surface area contributed by atoms with E-state index in [4.69, 9.17) is 19.8 Å². The van der Waals surface area contributed by atoms with Crippen molar-refractivity contribution in [3.63, 3.8) is 0 Å². The average molecular weight is 713 g/mol. The van der Waals surface area contributed by atoms with Gasteiger partial charge in [-0.15, -0.1) is 0 Å². The zero-order valence-electron chi connectivity index (χ0n) is 29.7. The fraction of sp³-hybridized carbons (Fsp3) is 0.538. The van der Waals surface area contributed by atoms with Crippen LogP contribution in [0.5, 0.6) is 11.8 Å². The standard InChI is InChI=1S/C39H46F2N8O3/c1-2-29-31(41)9-8-24-16-28(50)18-34(35(24)29)46-15-10-30-33(22-46)43-38(52-23-39-11-4-13-48(39)20-25(40)19-39)44-36(30)47-12-5-14-49-27(21-47)17-32(45-49)37(51)42-26-6-3-7-26/h8-9,16-18,25-26,50H,2-7,10-15,19-23H2,1H3,(H,42,51)/t25-,39+/m1/s1. The lowest BCUT2D eigenvalue weighted by atomic mass is 9.93. The number of rotatable bonds is 8. The number of fused-ring (bicyclic) bond motifs is 4. The summed E-state index contributed by atoms with van der Waals surface area (Å²) >= 11 is 0. The number of nitrogens with one attached hydrogen (secondary N) is 1. The number of carbonyl (C=O) groups excluding carboxylic acids is 1. The summed E-state index contributed by atoms with van der Waals surface area (Å²) in [4.78, 5) is 29.8. The number of alkyl halides is 1. The number of phenolic OH excluding ortho intramolecular Hbond substituents is 1. The van der Waals surface area contributed by atoms with Crippen molar-refractivity contribution in [2.24, 2.45) is 0 Å². The lowest BCUT2D eigenvalue weighted by Crippen LogP contribution is -2.43. The van der Waals surface area contributed by atoms with Crippen molar-refractivity contribution in [1.82, 2.24) is 30.0 Å². The molecular weight excluding hydrogens is 666 g/mol. The molecule has 6 heterocycles. The number of benzene rings is 2. The maximum absolute atomic E-state index is 15.1. The third-order valence-corrected chi connectivity index (χ3v) is 12.1. The number of aryl methyl sites for hydroxylation is 2. The van der Waals surface area contributed by atoms with E-state index < -0.39 is 6.17 Å². The van der Waals surface area contributed by atoms with E-state index in [2.05, 4.69) is 20.0 Å². The van der Waals surface area contributed by atoms with Crippen LogP contribution < -0.4 is 19.9 Å². The van der Waals surface area contributed by atoms with Gasteiger partial charge in [-0.1, -0.05) is 13.0 Å². The van der Waals surface area contributed by atoms with Gasteiger partial charge in [0.25, 0.3) is 5.91 Å². The van der Waals surface area contributed by atoms with Crippen molar-refractivity contribution in [1.29, 1.82) is 0 Å². The number of amides is 1. The van der Waals surface area contributed by atoms with Gasteiger partial charge in [0.1, 0.15) is 30.2 Å². The molecule has 9 rings (SSSR count). The summed E-state index contributed by atoms with van der Waals surface area (Å²) in [6, 6.07) is 9.00. The molecule has 274 valence electrons. The number of phenols is 1. The van der Waals surface area contributed by atoms with E-state index in [1.807, 2.05) is 17.7 Å². The Morgan fingerprint density at radius 1 is 1.06 bits per heavy atom. The number of hydrogen-bond donors (Lipinski definition) is 2. The van der Waals surface area contributed by atoms with Gasteiger partial charge in [0.05, 0.1) is 30.0 Å². The fourth-order valence-electron chi connectivity index (χ4n) is 9.21. The summed E-state index contributed by atoms with van der Waals surface area (Å²) in [5.41, 5.74) is 4.27. The van der Waals surface area contributed by atoms with E-state index in [0.29, 0.717) is 69.9 Å². The normalized spacial score (nSPS) is 23.2. The highest BCUT2D eigenvalue weighted by molar-refractivity contribution is 5.98. The second-order valence-electron chi connectivity index (χ2n) is 15.4. The van der Waals surface area contributed by atoms with Crippen LogP contribution in [0.4, 0.5) is 20.3 Å². The smallest absolute Gasteiger partial charge is 0.318 e. The Morgan fingerprint density at radius 2 is 1.94 bits per heavy atom. The topological polar surface area (TPSA) is 112 Å². The van der Waals surface area contributed by atoms with E-state index in [-0.39, 0.29) is 35.1 Å². The number of aromatic nitrogens is 4.